The lowest BCUT2D eigenvalue weighted by molar-refractivity contribution is 0.246. The van der Waals surface area contributed by atoms with E-state index in [0.29, 0.717) is 6.61 Å². The predicted octanol–water partition coefficient (Wildman–Crippen LogP) is 3.27. The fraction of sp³-hybridized carbons (Fsp3) is 0.294. The number of hydrogen-bond acceptors (Lipinski definition) is 4. The Labute approximate surface area is 124 Å². The third-order valence-electron chi connectivity index (χ3n) is 3.83. The molecule has 2 atom stereocenters. The number of rotatable bonds is 3. The zero-order valence-corrected chi connectivity index (χ0v) is 11.9. The van der Waals surface area contributed by atoms with Crippen LogP contribution in [0, 0.1) is 0 Å². The molecule has 1 aliphatic rings. The van der Waals surface area contributed by atoms with Crippen molar-refractivity contribution < 1.29 is 14.9 Å². The first-order valence-electron chi connectivity index (χ1n) is 7.14. The normalized spacial score (nSPS) is 18.6. The van der Waals surface area contributed by atoms with Crippen molar-refractivity contribution in [2.24, 2.45) is 0 Å². The molecule has 21 heavy (non-hydrogen) atoms. The number of hydrogen-bond donors (Lipinski definition) is 3. The Morgan fingerprint density at radius 2 is 1.86 bits per heavy atom. The third-order valence-corrected chi connectivity index (χ3v) is 3.83. The van der Waals surface area contributed by atoms with E-state index < -0.39 is 0 Å². The van der Waals surface area contributed by atoms with Gasteiger partial charge in [0.05, 0.1) is 6.61 Å². The molecule has 0 spiro atoms. The molecule has 0 aromatic heterocycles. The van der Waals surface area contributed by atoms with Crippen LogP contribution in [-0.4, -0.2) is 16.8 Å². The number of nitrogens with one attached hydrogen (secondary N) is 1. The van der Waals surface area contributed by atoms with Crippen molar-refractivity contribution >= 4 is 0 Å². The molecule has 2 aromatic rings. The van der Waals surface area contributed by atoms with Crippen molar-refractivity contribution in [1.82, 2.24) is 5.32 Å². The summed E-state index contributed by atoms with van der Waals surface area (Å²) in [6.45, 7) is 2.71. The summed E-state index contributed by atoms with van der Waals surface area (Å²) >= 11 is 0. The molecule has 0 saturated carbocycles. The first kappa shape index (κ1) is 13.8. The lowest BCUT2D eigenvalue weighted by atomic mass is 9.98. The topological polar surface area (TPSA) is 61.7 Å². The van der Waals surface area contributed by atoms with Crippen LogP contribution in [0.4, 0.5) is 0 Å². The summed E-state index contributed by atoms with van der Waals surface area (Å²) in [7, 11) is 0. The van der Waals surface area contributed by atoms with E-state index in [-0.39, 0.29) is 23.6 Å². The summed E-state index contributed by atoms with van der Waals surface area (Å²) in [5, 5.41) is 22.7. The molecule has 1 heterocycles. The van der Waals surface area contributed by atoms with E-state index in [0.717, 1.165) is 23.3 Å². The second-order valence-electron chi connectivity index (χ2n) is 5.40. The zero-order valence-electron chi connectivity index (χ0n) is 11.9. The smallest absolute Gasteiger partial charge is 0.124 e. The standard InChI is InChI=1S/C17H19NO3/c1-11(12-8-13(19)10-14(20)9-12)18-16-6-7-21-17-5-3-2-4-15(16)17/h2-5,8-11,16,18-20H,6-7H2,1H3. The Morgan fingerprint density at radius 1 is 1.14 bits per heavy atom. The van der Waals surface area contributed by atoms with Crippen molar-refractivity contribution in [1.29, 1.82) is 0 Å². The van der Waals surface area contributed by atoms with Gasteiger partial charge >= 0.3 is 0 Å². The number of benzene rings is 2. The molecule has 0 bridgehead atoms. The van der Waals surface area contributed by atoms with Gasteiger partial charge in [0.2, 0.25) is 0 Å². The molecule has 0 amide bonds. The van der Waals surface area contributed by atoms with E-state index in [1.807, 2.05) is 25.1 Å². The van der Waals surface area contributed by atoms with Crippen LogP contribution in [-0.2, 0) is 0 Å². The van der Waals surface area contributed by atoms with Crippen LogP contribution in [0.1, 0.15) is 36.6 Å². The largest absolute Gasteiger partial charge is 0.508 e. The van der Waals surface area contributed by atoms with Crippen molar-refractivity contribution in [3.05, 3.63) is 53.6 Å². The number of fused-ring (bicyclic) bond motifs is 1. The zero-order chi connectivity index (χ0) is 14.8. The van der Waals surface area contributed by atoms with Crippen LogP contribution in [0.3, 0.4) is 0 Å². The lowest BCUT2D eigenvalue weighted by Crippen LogP contribution is -2.29. The molecular weight excluding hydrogens is 266 g/mol. The van der Waals surface area contributed by atoms with Crippen LogP contribution >= 0.6 is 0 Å². The minimum atomic E-state index is 0.0131. The van der Waals surface area contributed by atoms with Gasteiger partial charge in [-0.05, 0) is 30.7 Å². The molecule has 4 nitrogen and oxygen atoms in total. The molecule has 3 rings (SSSR count). The number of aromatic hydroxyl groups is 2. The number of phenolic OH excluding ortho intramolecular Hbond substituents is 2. The highest BCUT2D eigenvalue weighted by Crippen LogP contribution is 2.34. The fourth-order valence-electron chi connectivity index (χ4n) is 2.78. The highest BCUT2D eigenvalue weighted by atomic mass is 16.5. The molecular formula is C17H19NO3. The Hall–Kier alpha value is -2.20. The van der Waals surface area contributed by atoms with Crippen molar-refractivity contribution in [2.45, 2.75) is 25.4 Å². The SMILES string of the molecule is CC(NC1CCOc2ccccc21)c1cc(O)cc(O)c1. The number of phenols is 2. The molecule has 0 radical (unpaired) electrons. The van der Waals surface area contributed by atoms with E-state index in [1.165, 1.54) is 6.07 Å². The van der Waals surface area contributed by atoms with Gasteiger partial charge in [0.15, 0.2) is 0 Å². The van der Waals surface area contributed by atoms with E-state index in [2.05, 4.69) is 11.4 Å². The van der Waals surface area contributed by atoms with Gasteiger partial charge in [0.1, 0.15) is 17.2 Å². The summed E-state index contributed by atoms with van der Waals surface area (Å²) in [5.74, 6) is 1.07. The molecule has 2 unspecified atom stereocenters. The Kier molecular flexibility index (Phi) is 3.71. The first-order valence-corrected chi connectivity index (χ1v) is 7.14. The molecule has 110 valence electrons. The second-order valence-corrected chi connectivity index (χ2v) is 5.40. The average Bonchev–Trinajstić information content (AvgIpc) is 2.46. The third kappa shape index (κ3) is 2.95. The maximum Gasteiger partial charge on any atom is 0.124 e. The second kappa shape index (κ2) is 5.66. The van der Waals surface area contributed by atoms with E-state index in [4.69, 9.17) is 4.74 Å². The van der Waals surface area contributed by atoms with Gasteiger partial charge in [-0.2, -0.15) is 0 Å². The van der Waals surface area contributed by atoms with Crippen molar-refractivity contribution in [3.63, 3.8) is 0 Å². The summed E-state index contributed by atoms with van der Waals surface area (Å²) in [5.41, 5.74) is 2.01. The van der Waals surface area contributed by atoms with Gasteiger partial charge in [0.25, 0.3) is 0 Å². The van der Waals surface area contributed by atoms with Crippen molar-refractivity contribution in [3.8, 4) is 17.2 Å². The monoisotopic (exact) mass is 285 g/mol. The first-order chi connectivity index (χ1) is 10.1. The fourth-order valence-corrected chi connectivity index (χ4v) is 2.78. The van der Waals surface area contributed by atoms with E-state index >= 15 is 0 Å². The predicted molar refractivity (Wildman–Crippen MR) is 80.6 cm³/mol. The van der Waals surface area contributed by atoms with Gasteiger partial charge < -0.3 is 20.3 Å². The molecule has 2 aromatic carbocycles. The molecule has 1 aliphatic heterocycles. The Morgan fingerprint density at radius 3 is 2.62 bits per heavy atom. The van der Waals surface area contributed by atoms with Gasteiger partial charge in [-0.3, -0.25) is 0 Å². The van der Waals surface area contributed by atoms with Crippen LogP contribution in [0.25, 0.3) is 0 Å². The number of ether oxygens (including phenoxy) is 1. The summed E-state index contributed by atoms with van der Waals surface area (Å²) in [6, 6.07) is 12.9. The number of para-hydroxylation sites is 1. The molecule has 4 heteroatoms. The van der Waals surface area contributed by atoms with Crippen LogP contribution in [0.15, 0.2) is 42.5 Å². The Bertz CT molecular complexity index is 621. The van der Waals surface area contributed by atoms with Crippen LogP contribution < -0.4 is 10.1 Å². The summed E-state index contributed by atoms with van der Waals surface area (Å²) in [6.07, 6.45) is 0.895. The van der Waals surface area contributed by atoms with Gasteiger partial charge in [0, 0.05) is 30.1 Å². The van der Waals surface area contributed by atoms with E-state index in [9.17, 15) is 10.2 Å². The molecule has 0 aliphatic carbocycles. The minimum absolute atomic E-state index is 0.0131. The van der Waals surface area contributed by atoms with Crippen molar-refractivity contribution in [2.75, 3.05) is 6.61 Å². The molecule has 0 saturated heterocycles. The van der Waals surface area contributed by atoms with Gasteiger partial charge in [-0.25, -0.2) is 0 Å². The van der Waals surface area contributed by atoms with Gasteiger partial charge in [-0.15, -0.1) is 0 Å². The van der Waals surface area contributed by atoms with E-state index in [1.54, 1.807) is 12.1 Å². The molecule has 0 fully saturated rings. The summed E-state index contributed by atoms with van der Waals surface area (Å²) in [4.78, 5) is 0. The highest BCUT2D eigenvalue weighted by molar-refractivity contribution is 5.40. The quantitative estimate of drug-likeness (QED) is 0.810. The maximum absolute atomic E-state index is 9.60. The summed E-state index contributed by atoms with van der Waals surface area (Å²) < 4.78 is 5.66. The highest BCUT2D eigenvalue weighted by Gasteiger charge is 2.22. The lowest BCUT2D eigenvalue weighted by Gasteiger charge is -2.29. The van der Waals surface area contributed by atoms with Crippen LogP contribution in [0.5, 0.6) is 17.2 Å². The minimum Gasteiger partial charge on any atom is -0.508 e. The Balaban J connectivity index is 1.81. The van der Waals surface area contributed by atoms with Crippen LogP contribution in [0.2, 0.25) is 0 Å². The average molecular weight is 285 g/mol. The molecule has 3 N–H and O–H groups in total. The maximum atomic E-state index is 9.60. The van der Waals surface area contributed by atoms with Gasteiger partial charge in [-0.1, -0.05) is 18.2 Å².